The normalized spacial score (nSPS) is 11.2. The number of aromatic nitrogens is 2. The Bertz CT molecular complexity index is 502. The maximum Gasteiger partial charge on any atom is 0.0958 e. The third-order valence-electron chi connectivity index (χ3n) is 3.27. The Labute approximate surface area is 102 Å². The molecule has 0 aliphatic heterocycles. The van der Waals surface area contributed by atoms with Crippen LogP contribution in [0.3, 0.4) is 0 Å². The highest BCUT2D eigenvalue weighted by molar-refractivity contribution is 5.84. The van der Waals surface area contributed by atoms with Crippen LogP contribution >= 0.6 is 0 Å². The lowest BCUT2D eigenvalue weighted by atomic mass is 10.0. The molecule has 1 heterocycles. The van der Waals surface area contributed by atoms with E-state index >= 15 is 0 Å². The summed E-state index contributed by atoms with van der Waals surface area (Å²) in [6.07, 6.45) is 4.78. The van der Waals surface area contributed by atoms with Crippen LogP contribution in [0.25, 0.3) is 10.9 Å². The van der Waals surface area contributed by atoms with E-state index in [4.69, 9.17) is 0 Å². The van der Waals surface area contributed by atoms with Crippen LogP contribution in [0.2, 0.25) is 0 Å². The van der Waals surface area contributed by atoms with Crippen LogP contribution < -0.4 is 0 Å². The third-order valence-corrected chi connectivity index (χ3v) is 3.27. The molecule has 0 saturated carbocycles. The molecule has 0 saturated heterocycles. The smallest absolute Gasteiger partial charge is 0.0958 e. The van der Waals surface area contributed by atoms with E-state index in [1.165, 1.54) is 24.8 Å². The molecule has 1 aromatic heterocycles. The summed E-state index contributed by atoms with van der Waals surface area (Å²) in [4.78, 5) is 0. The molecule has 3 nitrogen and oxygen atoms in total. The second kappa shape index (κ2) is 5.32. The van der Waals surface area contributed by atoms with Crippen LogP contribution in [-0.2, 0) is 20.1 Å². The summed E-state index contributed by atoms with van der Waals surface area (Å²) in [6, 6.07) is 6.24. The standard InChI is InChI=1S/C14H20N2O/c1-3-4-5-7-11-8-6-9-12-13(10-17)16(2)15-14(11)12/h6,8-9,17H,3-5,7,10H2,1-2H3. The number of nitrogens with zero attached hydrogens (tertiary/aromatic N) is 2. The highest BCUT2D eigenvalue weighted by Crippen LogP contribution is 2.22. The summed E-state index contributed by atoms with van der Waals surface area (Å²) in [5.41, 5.74) is 3.25. The largest absolute Gasteiger partial charge is 0.390 e. The Hall–Kier alpha value is -1.35. The van der Waals surface area contributed by atoms with Crippen LogP contribution in [0, 0.1) is 0 Å². The molecule has 0 radical (unpaired) electrons. The minimum absolute atomic E-state index is 0.0470. The van der Waals surface area contributed by atoms with Crippen LogP contribution in [0.5, 0.6) is 0 Å². The minimum Gasteiger partial charge on any atom is -0.390 e. The zero-order valence-corrected chi connectivity index (χ0v) is 10.6. The number of hydrogen-bond donors (Lipinski definition) is 1. The number of benzene rings is 1. The molecule has 92 valence electrons. The van der Waals surface area contributed by atoms with Gasteiger partial charge in [0.05, 0.1) is 17.8 Å². The zero-order chi connectivity index (χ0) is 12.3. The lowest BCUT2D eigenvalue weighted by Gasteiger charge is -2.01. The molecule has 0 aliphatic carbocycles. The van der Waals surface area contributed by atoms with Crippen molar-refractivity contribution in [1.82, 2.24) is 9.78 Å². The van der Waals surface area contributed by atoms with Crippen LogP contribution in [0.15, 0.2) is 18.2 Å². The van der Waals surface area contributed by atoms with Crippen molar-refractivity contribution in [2.24, 2.45) is 7.05 Å². The monoisotopic (exact) mass is 232 g/mol. The van der Waals surface area contributed by atoms with Crippen LogP contribution in [-0.4, -0.2) is 14.9 Å². The number of rotatable bonds is 5. The predicted octanol–water partition coefficient (Wildman–Crippen LogP) is 2.80. The molecule has 0 fully saturated rings. The van der Waals surface area contributed by atoms with Gasteiger partial charge in [-0.2, -0.15) is 5.10 Å². The van der Waals surface area contributed by atoms with Crippen molar-refractivity contribution in [2.45, 2.75) is 39.2 Å². The van der Waals surface area contributed by atoms with Gasteiger partial charge in [-0.1, -0.05) is 38.0 Å². The molecular formula is C14H20N2O. The molecule has 2 aromatic rings. The molecule has 17 heavy (non-hydrogen) atoms. The average Bonchev–Trinajstić information content (AvgIpc) is 2.66. The molecule has 0 unspecified atom stereocenters. The quantitative estimate of drug-likeness (QED) is 0.805. The van der Waals surface area contributed by atoms with Crippen molar-refractivity contribution in [3.05, 3.63) is 29.5 Å². The third kappa shape index (κ3) is 2.34. The van der Waals surface area contributed by atoms with Gasteiger partial charge in [-0.3, -0.25) is 4.68 Å². The summed E-state index contributed by atoms with van der Waals surface area (Å²) in [6.45, 7) is 2.26. The van der Waals surface area contributed by atoms with E-state index < -0.39 is 0 Å². The number of fused-ring (bicyclic) bond motifs is 1. The Morgan fingerprint density at radius 2 is 2.12 bits per heavy atom. The molecule has 1 N–H and O–H groups in total. The maximum absolute atomic E-state index is 9.35. The van der Waals surface area contributed by atoms with Gasteiger partial charge in [0, 0.05) is 12.4 Å². The first-order valence-electron chi connectivity index (χ1n) is 6.32. The number of aryl methyl sites for hydroxylation is 2. The fourth-order valence-corrected chi connectivity index (χ4v) is 2.28. The van der Waals surface area contributed by atoms with Crippen molar-refractivity contribution in [3.8, 4) is 0 Å². The van der Waals surface area contributed by atoms with Gasteiger partial charge in [-0.05, 0) is 18.4 Å². The number of aliphatic hydroxyl groups excluding tert-OH is 1. The fourth-order valence-electron chi connectivity index (χ4n) is 2.28. The Morgan fingerprint density at radius 3 is 2.82 bits per heavy atom. The van der Waals surface area contributed by atoms with Crippen molar-refractivity contribution < 1.29 is 5.11 Å². The van der Waals surface area contributed by atoms with Gasteiger partial charge in [0.15, 0.2) is 0 Å². The Morgan fingerprint density at radius 1 is 1.29 bits per heavy atom. The van der Waals surface area contributed by atoms with E-state index in [9.17, 15) is 5.11 Å². The lowest BCUT2D eigenvalue weighted by molar-refractivity contribution is 0.272. The van der Waals surface area contributed by atoms with Crippen molar-refractivity contribution in [3.63, 3.8) is 0 Å². The zero-order valence-electron chi connectivity index (χ0n) is 10.6. The average molecular weight is 232 g/mol. The molecule has 0 aliphatic rings. The van der Waals surface area contributed by atoms with Gasteiger partial charge in [-0.25, -0.2) is 0 Å². The van der Waals surface area contributed by atoms with Crippen molar-refractivity contribution in [2.75, 3.05) is 0 Å². The van der Waals surface area contributed by atoms with E-state index in [0.717, 1.165) is 23.0 Å². The Balaban J connectivity index is 2.37. The molecular weight excluding hydrogens is 212 g/mol. The van der Waals surface area contributed by atoms with Gasteiger partial charge in [-0.15, -0.1) is 0 Å². The van der Waals surface area contributed by atoms with Crippen molar-refractivity contribution in [1.29, 1.82) is 0 Å². The van der Waals surface area contributed by atoms with Crippen molar-refractivity contribution >= 4 is 10.9 Å². The van der Waals surface area contributed by atoms with E-state index in [0.29, 0.717) is 0 Å². The van der Waals surface area contributed by atoms with Gasteiger partial charge >= 0.3 is 0 Å². The lowest BCUT2D eigenvalue weighted by Crippen LogP contribution is -1.97. The van der Waals surface area contributed by atoms with E-state index in [2.05, 4.69) is 24.2 Å². The number of unbranched alkanes of at least 4 members (excludes halogenated alkanes) is 2. The highest BCUT2D eigenvalue weighted by Gasteiger charge is 2.10. The van der Waals surface area contributed by atoms with Gasteiger partial charge in [0.25, 0.3) is 0 Å². The second-order valence-electron chi connectivity index (χ2n) is 4.50. The minimum atomic E-state index is 0.0470. The van der Waals surface area contributed by atoms with E-state index in [1.54, 1.807) is 4.68 Å². The first kappa shape index (κ1) is 12.1. The summed E-state index contributed by atoms with van der Waals surface area (Å²) in [7, 11) is 1.89. The van der Waals surface area contributed by atoms with E-state index in [1.807, 2.05) is 13.1 Å². The SMILES string of the molecule is CCCCCc1cccc2c(CO)n(C)nc12. The van der Waals surface area contributed by atoms with Gasteiger partial charge in [0.1, 0.15) is 0 Å². The summed E-state index contributed by atoms with van der Waals surface area (Å²) in [5, 5.41) is 15.0. The summed E-state index contributed by atoms with van der Waals surface area (Å²) < 4.78 is 1.79. The Kier molecular flexibility index (Phi) is 3.79. The van der Waals surface area contributed by atoms with Gasteiger partial charge < -0.3 is 5.11 Å². The topological polar surface area (TPSA) is 38.0 Å². The highest BCUT2D eigenvalue weighted by atomic mass is 16.3. The first-order chi connectivity index (χ1) is 8.27. The maximum atomic E-state index is 9.35. The number of hydrogen-bond acceptors (Lipinski definition) is 2. The molecule has 2 rings (SSSR count). The van der Waals surface area contributed by atoms with Crippen LogP contribution in [0.4, 0.5) is 0 Å². The summed E-state index contributed by atoms with van der Waals surface area (Å²) in [5.74, 6) is 0. The molecule has 1 aromatic carbocycles. The molecule has 0 amide bonds. The molecule has 3 heteroatoms. The summed E-state index contributed by atoms with van der Waals surface area (Å²) >= 11 is 0. The molecule has 0 atom stereocenters. The molecule has 0 bridgehead atoms. The van der Waals surface area contributed by atoms with E-state index in [-0.39, 0.29) is 6.61 Å². The second-order valence-corrected chi connectivity index (χ2v) is 4.50. The number of aliphatic hydroxyl groups is 1. The van der Waals surface area contributed by atoms with Gasteiger partial charge in [0.2, 0.25) is 0 Å². The van der Waals surface area contributed by atoms with Crippen LogP contribution in [0.1, 0.15) is 37.4 Å². The molecule has 0 spiro atoms. The predicted molar refractivity (Wildman–Crippen MR) is 69.9 cm³/mol. The first-order valence-corrected chi connectivity index (χ1v) is 6.32. The fraction of sp³-hybridized carbons (Fsp3) is 0.500.